The predicted molar refractivity (Wildman–Crippen MR) is 116 cm³/mol. The van der Waals surface area contributed by atoms with Crippen molar-refractivity contribution in [2.75, 3.05) is 0 Å². The van der Waals surface area contributed by atoms with Gasteiger partial charge in [-0.05, 0) is 16.8 Å². The van der Waals surface area contributed by atoms with Crippen molar-refractivity contribution in [2.45, 2.75) is 0 Å². The molecule has 6 heteroatoms. The molecule has 26 heavy (non-hydrogen) atoms. The average molecular weight is 426 g/mol. The van der Waals surface area contributed by atoms with Crippen LogP contribution in [0.1, 0.15) is 11.1 Å². The van der Waals surface area contributed by atoms with Crippen molar-refractivity contribution in [2.24, 2.45) is 10.1 Å². The molecule has 1 aliphatic heterocycles. The monoisotopic (exact) mass is 425 g/mol. The summed E-state index contributed by atoms with van der Waals surface area (Å²) >= 11 is 1.44. The molecule has 0 unspecified atom stereocenters. The van der Waals surface area contributed by atoms with E-state index in [1.165, 1.54) is 11.8 Å². The van der Waals surface area contributed by atoms with Gasteiger partial charge in [-0.25, -0.2) is 4.99 Å². The first-order chi connectivity index (χ1) is 12.3. The predicted octanol–water partition coefficient (Wildman–Crippen LogP) is 5.15. The summed E-state index contributed by atoms with van der Waals surface area (Å²) in [6.07, 6.45) is 1.66. The van der Waals surface area contributed by atoms with Crippen LogP contribution in [0.4, 0.5) is 0 Å². The number of rotatable bonds is 2. The van der Waals surface area contributed by atoms with Gasteiger partial charge in [-0.15, -0.1) is 22.1 Å². The molecule has 3 aromatic carbocycles. The van der Waals surface area contributed by atoms with Crippen LogP contribution < -0.4 is 5.43 Å². The summed E-state index contributed by atoms with van der Waals surface area (Å²) in [5, 5.41) is 19.1. The van der Waals surface area contributed by atoms with E-state index in [4.69, 9.17) is 0 Å². The molecule has 2 N–H and O–H groups in total. The number of nitrogens with zero attached hydrogens (tertiary/aromatic N) is 2. The van der Waals surface area contributed by atoms with Gasteiger partial charge in [-0.2, -0.15) is 0 Å². The van der Waals surface area contributed by atoms with E-state index >= 15 is 0 Å². The molecule has 0 aromatic heterocycles. The number of aromatic hydroxyl groups is 1. The molecule has 0 aliphatic carbocycles. The lowest BCUT2D eigenvalue weighted by molar-refractivity contribution is 0.475. The van der Waals surface area contributed by atoms with Gasteiger partial charge in [0.15, 0.2) is 0 Å². The Morgan fingerprint density at radius 1 is 0.962 bits per heavy atom. The lowest BCUT2D eigenvalue weighted by Crippen LogP contribution is -2.10. The van der Waals surface area contributed by atoms with Crippen molar-refractivity contribution >= 4 is 56.6 Å². The summed E-state index contributed by atoms with van der Waals surface area (Å²) in [6, 6.07) is 21.5. The van der Waals surface area contributed by atoms with E-state index in [1.807, 2.05) is 66.1 Å². The molecule has 0 radical (unpaired) electrons. The van der Waals surface area contributed by atoms with Crippen molar-refractivity contribution in [3.05, 3.63) is 83.3 Å². The molecule has 4 nitrogen and oxygen atoms in total. The molecule has 1 heterocycles. The molecule has 1 aliphatic rings. The number of benzene rings is 3. The standard InChI is InChI=1S/C20H15N3OS.BrH/c24-19-11-10-14-6-4-5-9-16(14)17(19)12-21-20-23-22-18(13-25-20)15-7-2-1-3-8-15;/h1-13,22,24H;1H/b21-12+;. The number of hydrogen-bond donors (Lipinski definition) is 2. The molecule has 0 spiro atoms. The Bertz CT molecular complexity index is 1020. The highest BCUT2D eigenvalue weighted by molar-refractivity contribution is 8.93. The van der Waals surface area contributed by atoms with E-state index in [0.29, 0.717) is 10.7 Å². The SMILES string of the molecule is Br.Oc1ccc2ccccc2c1/C=N/C1=NNC(c2ccccc2)=CS1. The molecule has 0 fully saturated rings. The van der Waals surface area contributed by atoms with Gasteiger partial charge in [-0.1, -0.05) is 72.4 Å². The number of thioether (sulfide) groups is 1. The van der Waals surface area contributed by atoms with Gasteiger partial charge in [0.2, 0.25) is 5.17 Å². The van der Waals surface area contributed by atoms with Gasteiger partial charge in [0.05, 0.1) is 5.70 Å². The van der Waals surface area contributed by atoms with Crippen LogP contribution in [0.2, 0.25) is 0 Å². The highest BCUT2D eigenvalue weighted by Gasteiger charge is 2.09. The van der Waals surface area contributed by atoms with Crippen LogP contribution in [-0.2, 0) is 0 Å². The third kappa shape index (κ3) is 3.81. The minimum absolute atomic E-state index is 0. The van der Waals surface area contributed by atoms with E-state index in [2.05, 4.69) is 15.5 Å². The van der Waals surface area contributed by atoms with E-state index in [0.717, 1.165) is 22.0 Å². The van der Waals surface area contributed by atoms with Crippen molar-refractivity contribution in [3.8, 4) is 5.75 Å². The van der Waals surface area contributed by atoms with Crippen molar-refractivity contribution in [1.29, 1.82) is 0 Å². The van der Waals surface area contributed by atoms with Crippen LogP contribution in [0, 0.1) is 0 Å². The highest BCUT2D eigenvalue weighted by atomic mass is 79.9. The maximum Gasteiger partial charge on any atom is 0.210 e. The quantitative estimate of drug-likeness (QED) is 0.558. The second kappa shape index (κ2) is 8.21. The molecular formula is C20H16BrN3OS. The summed E-state index contributed by atoms with van der Waals surface area (Å²) < 4.78 is 0. The Balaban J connectivity index is 0.00000196. The van der Waals surface area contributed by atoms with Gasteiger partial charge in [0, 0.05) is 22.7 Å². The minimum atomic E-state index is 0. The van der Waals surface area contributed by atoms with Crippen molar-refractivity contribution in [1.82, 2.24) is 5.43 Å². The number of aliphatic imine (C=N–C) groups is 1. The van der Waals surface area contributed by atoms with Crippen LogP contribution in [0.3, 0.4) is 0 Å². The van der Waals surface area contributed by atoms with E-state index in [1.54, 1.807) is 12.3 Å². The molecular weight excluding hydrogens is 410 g/mol. The minimum Gasteiger partial charge on any atom is -0.507 e. The van der Waals surface area contributed by atoms with Gasteiger partial charge in [-0.3, -0.25) is 5.43 Å². The first kappa shape index (κ1) is 18.2. The molecule has 0 saturated carbocycles. The van der Waals surface area contributed by atoms with Gasteiger partial charge in [0.25, 0.3) is 0 Å². The van der Waals surface area contributed by atoms with E-state index in [-0.39, 0.29) is 22.7 Å². The topological polar surface area (TPSA) is 57.0 Å². The summed E-state index contributed by atoms with van der Waals surface area (Å²) in [7, 11) is 0. The number of amidine groups is 1. The molecule has 4 rings (SSSR count). The summed E-state index contributed by atoms with van der Waals surface area (Å²) in [6.45, 7) is 0. The Hall–Kier alpha value is -2.57. The Labute approximate surface area is 166 Å². The largest absolute Gasteiger partial charge is 0.507 e. The summed E-state index contributed by atoms with van der Waals surface area (Å²) in [4.78, 5) is 4.41. The van der Waals surface area contributed by atoms with Crippen LogP contribution in [0.15, 0.2) is 82.2 Å². The zero-order chi connectivity index (χ0) is 17.1. The lowest BCUT2D eigenvalue weighted by Gasteiger charge is -2.12. The highest BCUT2D eigenvalue weighted by Crippen LogP contribution is 2.26. The third-order valence-electron chi connectivity index (χ3n) is 3.89. The van der Waals surface area contributed by atoms with Crippen LogP contribution >= 0.6 is 28.7 Å². The number of halogens is 1. The van der Waals surface area contributed by atoms with Gasteiger partial charge < -0.3 is 5.11 Å². The smallest absolute Gasteiger partial charge is 0.210 e. The zero-order valence-electron chi connectivity index (χ0n) is 13.7. The molecule has 0 atom stereocenters. The molecule has 3 aromatic rings. The number of phenols is 1. The van der Waals surface area contributed by atoms with Gasteiger partial charge in [0.1, 0.15) is 5.75 Å². The second-order valence-electron chi connectivity index (χ2n) is 5.50. The summed E-state index contributed by atoms with van der Waals surface area (Å²) in [5.74, 6) is 0.206. The molecule has 0 saturated heterocycles. The fourth-order valence-corrected chi connectivity index (χ4v) is 3.25. The van der Waals surface area contributed by atoms with Crippen molar-refractivity contribution in [3.63, 3.8) is 0 Å². The number of fused-ring (bicyclic) bond motifs is 1. The third-order valence-corrected chi connectivity index (χ3v) is 4.65. The molecule has 130 valence electrons. The maximum atomic E-state index is 10.2. The Morgan fingerprint density at radius 3 is 2.50 bits per heavy atom. The van der Waals surface area contributed by atoms with E-state index in [9.17, 15) is 5.11 Å². The molecule has 0 amide bonds. The Morgan fingerprint density at radius 2 is 1.73 bits per heavy atom. The number of hydrazone groups is 1. The molecule has 0 bridgehead atoms. The fourth-order valence-electron chi connectivity index (χ4n) is 2.62. The van der Waals surface area contributed by atoms with Crippen molar-refractivity contribution < 1.29 is 5.11 Å². The number of nitrogens with one attached hydrogen (secondary N) is 1. The summed E-state index contributed by atoms with van der Waals surface area (Å²) in [5.41, 5.74) is 5.74. The van der Waals surface area contributed by atoms with Crippen LogP contribution in [-0.4, -0.2) is 16.5 Å². The first-order valence-electron chi connectivity index (χ1n) is 7.82. The first-order valence-corrected chi connectivity index (χ1v) is 8.70. The van der Waals surface area contributed by atoms with Crippen LogP contribution in [0.25, 0.3) is 16.5 Å². The van der Waals surface area contributed by atoms with E-state index < -0.39 is 0 Å². The maximum absolute atomic E-state index is 10.2. The average Bonchev–Trinajstić information content (AvgIpc) is 2.68. The number of hydrogen-bond acceptors (Lipinski definition) is 5. The normalized spacial score (nSPS) is 13.7. The fraction of sp³-hybridized carbons (Fsp3) is 0. The second-order valence-corrected chi connectivity index (χ2v) is 6.34. The zero-order valence-corrected chi connectivity index (χ0v) is 16.2. The van der Waals surface area contributed by atoms with Crippen LogP contribution in [0.5, 0.6) is 5.75 Å². The lowest BCUT2D eigenvalue weighted by atomic mass is 10.0. The van der Waals surface area contributed by atoms with Gasteiger partial charge >= 0.3 is 0 Å². The Kier molecular flexibility index (Phi) is 5.75. The number of phenolic OH excluding ortho intramolecular Hbond substituents is 1.